The molecule has 104 valence electrons. The summed E-state index contributed by atoms with van der Waals surface area (Å²) in [5.74, 6) is 0.668. The number of nitrogens with two attached hydrogens (primary N) is 1. The Labute approximate surface area is 116 Å². The molecule has 1 atom stereocenters. The molecule has 0 bridgehead atoms. The summed E-state index contributed by atoms with van der Waals surface area (Å²) >= 11 is 0. The number of imidazole rings is 1. The van der Waals surface area contributed by atoms with Crippen LogP contribution in [0.3, 0.4) is 0 Å². The predicted octanol–water partition coefficient (Wildman–Crippen LogP) is 0.284. The van der Waals surface area contributed by atoms with E-state index in [9.17, 15) is 4.79 Å². The van der Waals surface area contributed by atoms with Crippen molar-refractivity contribution in [2.24, 2.45) is 5.73 Å². The lowest BCUT2D eigenvalue weighted by Gasteiger charge is -2.24. The molecule has 0 spiro atoms. The van der Waals surface area contributed by atoms with Crippen LogP contribution in [0.2, 0.25) is 0 Å². The Balaban J connectivity index is 2.00. The van der Waals surface area contributed by atoms with E-state index in [2.05, 4.69) is 15.0 Å². The number of amides is 1. The first-order valence-electron chi connectivity index (χ1n) is 6.60. The first kappa shape index (κ1) is 12.7. The van der Waals surface area contributed by atoms with Gasteiger partial charge in [0, 0.05) is 31.3 Å². The second-order valence-electron chi connectivity index (χ2n) is 4.68. The van der Waals surface area contributed by atoms with Gasteiger partial charge in [0.2, 0.25) is 5.91 Å². The van der Waals surface area contributed by atoms with Crippen LogP contribution < -0.4 is 5.73 Å². The molecular formula is C13H16N6O. The fourth-order valence-corrected chi connectivity index (χ4v) is 2.63. The summed E-state index contributed by atoms with van der Waals surface area (Å²) in [5.41, 5.74) is 6.28. The first-order valence-corrected chi connectivity index (χ1v) is 6.60. The molecule has 3 rings (SSSR count). The monoisotopic (exact) mass is 272 g/mol. The Morgan fingerprint density at radius 1 is 1.35 bits per heavy atom. The van der Waals surface area contributed by atoms with Gasteiger partial charge in [-0.2, -0.15) is 0 Å². The van der Waals surface area contributed by atoms with Crippen LogP contribution in [0.25, 0.3) is 5.82 Å². The van der Waals surface area contributed by atoms with Crippen molar-refractivity contribution in [3.05, 3.63) is 36.8 Å². The van der Waals surface area contributed by atoms with Crippen LogP contribution in [0.4, 0.5) is 0 Å². The second kappa shape index (κ2) is 5.38. The SMILES string of the molecule is NCC(=O)N1CCC[C@@H]1c1nccnc1-n1ccnc1. The smallest absolute Gasteiger partial charge is 0.236 e. The third kappa shape index (κ3) is 2.16. The zero-order valence-electron chi connectivity index (χ0n) is 11.0. The largest absolute Gasteiger partial charge is 0.333 e. The maximum Gasteiger partial charge on any atom is 0.236 e. The van der Waals surface area contributed by atoms with Gasteiger partial charge in [-0.05, 0) is 12.8 Å². The third-order valence-corrected chi connectivity index (χ3v) is 3.52. The van der Waals surface area contributed by atoms with E-state index >= 15 is 0 Å². The van der Waals surface area contributed by atoms with Gasteiger partial charge >= 0.3 is 0 Å². The summed E-state index contributed by atoms with van der Waals surface area (Å²) in [4.78, 5) is 26.6. The highest BCUT2D eigenvalue weighted by Gasteiger charge is 2.32. The van der Waals surface area contributed by atoms with Gasteiger partial charge in [0.1, 0.15) is 12.0 Å². The number of nitrogens with zero attached hydrogens (tertiary/aromatic N) is 5. The minimum atomic E-state index is -0.0582. The maximum absolute atomic E-state index is 11.9. The Kier molecular flexibility index (Phi) is 3.42. The van der Waals surface area contributed by atoms with Crippen LogP contribution >= 0.6 is 0 Å². The maximum atomic E-state index is 11.9. The third-order valence-electron chi connectivity index (χ3n) is 3.52. The molecule has 0 saturated carbocycles. The number of hydrogen-bond donors (Lipinski definition) is 1. The second-order valence-corrected chi connectivity index (χ2v) is 4.68. The van der Waals surface area contributed by atoms with Crippen molar-refractivity contribution >= 4 is 5.91 Å². The van der Waals surface area contributed by atoms with Crippen molar-refractivity contribution in [1.29, 1.82) is 0 Å². The molecule has 7 heteroatoms. The van der Waals surface area contributed by atoms with Crippen LogP contribution in [0.1, 0.15) is 24.6 Å². The van der Waals surface area contributed by atoms with Crippen LogP contribution in [-0.4, -0.2) is 43.4 Å². The highest BCUT2D eigenvalue weighted by Crippen LogP contribution is 2.32. The zero-order valence-corrected chi connectivity index (χ0v) is 11.0. The van der Waals surface area contributed by atoms with Crippen molar-refractivity contribution < 1.29 is 4.79 Å². The molecule has 2 aromatic heterocycles. The Morgan fingerprint density at radius 2 is 2.20 bits per heavy atom. The van der Waals surface area contributed by atoms with E-state index in [1.165, 1.54) is 0 Å². The minimum absolute atomic E-state index is 0.0250. The number of carbonyl (C=O) groups is 1. The summed E-state index contributed by atoms with van der Waals surface area (Å²) in [6.07, 6.45) is 10.3. The number of aromatic nitrogens is 4. The molecule has 1 amide bonds. The Bertz CT molecular complexity index is 597. The molecule has 1 fully saturated rings. The lowest BCUT2D eigenvalue weighted by atomic mass is 10.1. The van der Waals surface area contributed by atoms with Gasteiger partial charge in [-0.25, -0.2) is 9.97 Å². The van der Waals surface area contributed by atoms with Crippen LogP contribution in [-0.2, 0) is 4.79 Å². The van der Waals surface area contributed by atoms with Gasteiger partial charge in [0.25, 0.3) is 0 Å². The number of carbonyl (C=O) groups excluding carboxylic acids is 1. The van der Waals surface area contributed by atoms with Gasteiger partial charge in [-0.15, -0.1) is 0 Å². The van der Waals surface area contributed by atoms with Gasteiger partial charge in [-0.1, -0.05) is 0 Å². The molecule has 3 heterocycles. The lowest BCUT2D eigenvalue weighted by molar-refractivity contribution is -0.130. The van der Waals surface area contributed by atoms with Crippen molar-refractivity contribution in [3.63, 3.8) is 0 Å². The van der Waals surface area contributed by atoms with Gasteiger partial charge < -0.3 is 10.6 Å². The summed E-state index contributed by atoms with van der Waals surface area (Å²) in [6, 6.07) is -0.0582. The normalized spacial score (nSPS) is 18.4. The van der Waals surface area contributed by atoms with Crippen LogP contribution in [0.5, 0.6) is 0 Å². The van der Waals surface area contributed by atoms with E-state index in [4.69, 9.17) is 5.73 Å². The fourth-order valence-electron chi connectivity index (χ4n) is 2.63. The Hall–Kier alpha value is -2.28. The van der Waals surface area contributed by atoms with E-state index in [1.807, 2.05) is 10.8 Å². The number of hydrogen-bond acceptors (Lipinski definition) is 5. The molecule has 1 aliphatic rings. The van der Waals surface area contributed by atoms with Crippen molar-refractivity contribution in [2.75, 3.05) is 13.1 Å². The summed E-state index contributed by atoms with van der Waals surface area (Å²) in [5, 5.41) is 0. The minimum Gasteiger partial charge on any atom is -0.333 e. The van der Waals surface area contributed by atoms with Crippen molar-refractivity contribution in [2.45, 2.75) is 18.9 Å². The van der Waals surface area contributed by atoms with Crippen molar-refractivity contribution in [3.8, 4) is 5.82 Å². The van der Waals surface area contributed by atoms with Crippen molar-refractivity contribution in [1.82, 2.24) is 24.4 Å². The Morgan fingerprint density at radius 3 is 2.95 bits per heavy atom. The average Bonchev–Trinajstić information content (AvgIpc) is 3.17. The zero-order chi connectivity index (χ0) is 13.9. The average molecular weight is 272 g/mol. The van der Waals surface area contributed by atoms with Gasteiger partial charge in [0.15, 0.2) is 5.82 Å². The molecule has 2 aromatic rings. The number of rotatable bonds is 3. The van der Waals surface area contributed by atoms with E-state index in [1.54, 1.807) is 29.8 Å². The topological polar surface area (TPSA) is 89.9 Å². The molecule has 0 aliphatic carbocycles. The van der Waals surface area contributed by atoms with E-state index in [-0.39, 0.29) is 18.5 Å². The molecule has 2 N–H and O–H groups in total. The quantitative estimate of drug-likeness (QED) is 0.867. The molecule has 1 saturated heterocycles. The standard InChI is InChI=1S/C13H16N6O/c14-8-11(20)19-6-1-2-10(19)12-13(17-4-3-16-12)18-7-5-15-9-18/h3-5,7,9-10H,1-2,6,8,14H2/t10-/m1/s1. The summed E-state index contributed by atoms with van der Waals surface area (Å²) in [6.45, 7) is 0.748. The number of likely N-dealkylation sites (tertiary alicyclic amines) is 1. The highest BCUT2D eigenvalue weighted by molar-refractivity contribution is 5.78. The molecule has 0 unspecified atom stereocenters. The van der Waals surface area contributed by atoms with E-state index in [0.717, 1.165) is 25.1 Å². The lowest BCUT2D eigenvalue weighted by Crippen LogP contribution is -2.36. The van der Waals surface area contributed by atoms with Crippen LogP contribution in [0.15, 0.2) is 31.1 Å². The first-order chi connectivity index (χ1) is 9.81. The van der Waals surface area contributed by atoms with Gasteiger partial charge in [0.05, 0.1) is 12.6 Å². The molecule has 0 radical (unpaired) electrons. The summed E-state index contributed by atoms with van der Waals surface area (Å²) < 4.78 is 1.81. The molecule has 20 heavy (non-hydrogen) atoms. The van der Waals surface area contributed by atoms with Gasteiger partial charge in [-0.3, -0.25) is 14.3 Å². The molecular weight excluding hydrogens is 256 g/mol. The molecule has 0 aromatic carbocycles. The molecule has 7 nitrogen and oxygen atoms in total. The van der Waals surface area contributed by atoms with E-state index in [0.29, 0.717) is 5.82 Å². The molecule has 1 aliphatic heterocycles. The summed E-state index contributed by atoms with van der Waals surface area (Å²) in [7, 11) is 0. The van der Waals surface area contributed by atoms with E-state index < -0.39 is 0 Å². The predicted molar refractivity (Wildman–Crippen MR) is 71.9 cm³/mol. The highest BCUT2D eigenvalue weighted by atomic mass is 16.2. The fraction of sp³-hybridized carbons (Fsp3) is 0.385. The van der Waals surface area contributed by atoms with Crippen LogP contribution in [0, 0.1) is 0 Å².